The molecule has 1 unspecified atom stereocenters. The predicted octanol–water partition coefficient (Wildman–Crippen LogP) is 6.09. The van der Waals surface area contributed by atoms with Crippen LogP contribution in [-0.2, 0) is 14.2 Å². The van der Waals surface area contributed by atoms with Crippen LogP contribution in [0.5, 0.6) is 0 Å². The molecule has 6 aliphatic rings. The first-order chi connectivity index (χ1) is 16.0. The number of ether oxygens (including phenoxy) is 3. The molecule has 192 valence electrons. The Bertz CT molecular complexity index is 826. The third-order valence-electron chi connectivity index (χ3n) is 12.0. The molecule has 10 atom stereocenters. The van der Waals surface area contributed by atoms with Crippen molar-refractivity contribution in [1.29, 1.82) is 0 Å². The van der Waals surface area contributed by atoms with Crippen LogP contribution in [0.3, 0.4) is 0 Å². The van der Waals surface area contributed by atoms with Crippen molar-refractivity contribution in [2.24, 2.45) is 34.5 Å². The molecule has 4 nitrogen and oxygen atoms in total. The summed E-state index contributed by atoms with van der Waals surface area (Å²) in [7, 11) is -1.69. The van der Waals surface area contributed by atoms with Crippen LogP contribution in [0.1, 0.15) is 78.1 Å². The summed E-state index contributed by atoms with van der Waals surface area (Å²) in [5.74, 6) is 2.72. The molecule has 5 fully saturated rings. The minimum atomic E-state index is -1.69. The van der Waals surface area contributed by atoms with Gasteiger partial charge in [0.15, 0.2) is 6.29 Å². The fourth-order valence-corrected chi connectivity index (χ4v) is 12.2. The van der Waals surface area contributed by atoms with Crippen LogP contribution in [0, 0.1) is 34.5 Å². The van der Waals surface area contributed by atoms with E-state index in [0.29, 0.717) is 23.4 Å². The Morgan fingerprint density at radius 2 is 1.79 bits per heavy atom. The number of aliphatic hydroxyl groups is 1. The quantitative estimate of drug-likeness (QED) is 0.225. The van der Waals surface area contributed by atoms with Gasteiger partial charge in [-0.15, -0.1) is 0 Å². The molecular weight excluding hydrogens is 440 g/mol. The highest BCUT2D eigenvalue weighted by molar-refractivity contribution is 6.80. The van der Waals surface area contributed by atoms with Crippen molar-refractivity contribution in [1.82, 2.24) is 0 Å². The van der Waals surface area contributed by atoms with Gasteiger partial charge in [-0.1, -0.05) is 45.6 Å². The number of epoxide rings is 1. The van der Waals surface area contributed by atoms with Crippen LogP contribution in [0.15, 0.2) is 12.2 Å². The highest BCUT2D eigenvalue weighted by Gasteiger charge is 2.76. The fourth-order valence-electron chi connectivity index (χ4n) is 9.75. The zero-order valence-electron chi connectivity index (χ0n) is 22.3. The first-order valence-corrected chi connectivity index (χ1v) is 17.9. The van der Waals surface area contributed by atoms with Gasteiger partial charge >= 0.3 is 0 Å². The summed E-state index contributed by atoms with van der Waals surface area (Å²) in [6.07, 6.45) is 17.3. The molecule has 0 radical (unpaired) electrons. The Kier molecular flexibility index (Phi) is 5.61. The maximum absolute atomic E-state index is 12.3. The van der Waals surface area contributed by atoms with E-state index in [2.05, 4.69) is 45.6 Å². The lowest BCUT2D eigenvalue weighted by molar-refractivity contribution is -0.214. The Labute approximate surface area is 208 Å². The van der Waals surface area contributed by atoms with Crippen LogP contribution in [0.25, 0.3) is 0 Å². The number of allylic oxidation sites excluding steroid dienone is 1. The fraction of sp³-hybridized carbons (Fsp3) is 0.931. The van der Waals surface area contributed by atoms with Crippen molar-refractivity contribution in [2.75, 3.05) is 13.2 Å². The van der Waals surface area contributed by atoms with Gasteiger partial charge in [-0.3, -0.25) is 0 Å². The van der Waals surface area contributed by atoms with Crippen molar-refractivity contribution >= 4 is 8.07 Å². The monoisotopic (exact) mass is 488 g/mol. The topological polar surface area (TPSA) is 51.2 Å². The molecule has 0 aromatic rings. The van der Waals surface area contributed by atoms with Crippen LogP contribution in [-0.4, -0.2) is 49.6 Å². The minimum Gasteiger partial charge on any atom is -0.382 e. The van der Waals surface area contributed by atoms with E-state index in [1.54, 1.807) is 0 Å². The normalized spacial score (nSPS) is 54.8. The zero-order valence-corrected chi connectivity index (χ0v) is 23.3. The average Bonchev–Trinajstić information content (AvgIpc) is 3.57. The number of rotatable bonds is 4. The molecule has 2 saturated heterocycles. The SMILES string of the molecule is C[C@]12CC[C@H](OC3CCCCO3)C[C@H]1CC[C@@H]1[C@@H]2CC[C@@]2(C)[C@H]1C=C[C@@]2(O)[C@@]1([Si](C)(C)C)CO1. The smallest absolute Gasteiger partial charge is 0.157 e. The van der Waals surface area contributed by atoms with E-state index in [9.17, 15) is 5.11 Å². The standard InChI is InChI=1S/C29H48O4Si/c1-26-14-11-21(33-25-8-6-7-17-31-25)18-20(26)9-10-22-23(26)12-15-27(2)24(22)13-16-28(27,30)29(19-32-29)34(3,4)5/h13,16,20-25,30H,6-12,14-15,17-19H2,1-5H3/t20-,21+,22-,23+,24+,25?,26+,27+,28+,29+/m1/s1. The Morgan fingerprint density at radius 1 is 1.00 bits per heavy atom. The van der Waals surface area contributed by atoms with E-state index in [-0.39, 0.29) is 16.9 Å². The second-order valence-electron chi connectivity index (χ2n) is 14.4. The molecule has 6 rings (SSSR count). The van der Waals surface area contributed by atoms with Gasteiger partial charge in [0, 0.05) is 12.0 Å². The zero-order chi connectivity index (χ0) is 24.0. The van der Waals surface area contributed by atoms with Gasteiger partial charge in [-0.05, 0) is 93.3 Å². The highest BCUT2D eigenvalue weighted by Crippen LogP contribution is 2.70. The van der Waals surface area contributed by atoms with Crippen molar-refractivity contribution < 1.29 is 19.3 Å². The Balaban J connectivity index is 1.19. The maximum atomic E-state index is 12.3. The summed E-state index contributed by atoms with van der Waals surface area (Å²) in [5, 5.41) is 12.0. The molecular formula is C29H48O4Si. The Morgan fingerprint density at radius 3 is 2.47 bits per heavy atom. The number of fused-ring (bicyclic) bond motifs is 5. The largest absolute Gasteiger partial charge is 0.382 e. The van der Waals surface area contributed by atoms with E-state index in [1.165, 1.54) is 51.4 Å². The van der Waals surface area contributed by atoms with Crippen LogP contribution in [0.2, 0.25) is 19.6 Å². The van der Waals surface area contributed by atoms with E-state index in [1.807, 2.05) is 0 Å². The molecule has 0 aromatic heterocycles. The van der Waals surface area contributed by atoms with Crippen molar-refractivity contribution in [3.63, 3.8) is 0 Å². The van der Waals surface area contributed by atoms with E-state index in [4.69, 9.17) is 14.2 Å². The van der Waals surface area contributed by atoms with Gasteiger partial charge in [0.2, 0.25) is 0 Å². The lowest BCUT2D eigenvalue weighted by Gasteiger charge is -2.62. The third kappa shape index (κ3) is 3.22. The summed E-state index contributed by atoms with van der Waals surface area (Å²) in [5.41, 5.74) is -0.477. The first-order valence-electron chi connectivity index (χ1n) is 14.4. The molecule has 4 aliphatic carbocycles. The summed E-state index contributed by atoms with van der Waals surface area (Å²) >= 11 is 0. The number of hydrogen-bond donors (Lipinski definition) is 1. The van der Waals surface area contributed by atoms with Crippen molar-refractivity contribution in [2.45, 2.75) is 121 Å². The van der Waals surface area contributed by atoms with Gasteiger partial charge < -0.3 is 19.3 Å². The molecule has 0 bridgehead atoms. The summed E-state index contributed by atoms with van der Waals surface area (Å²) < 4.78 is 18.6. The molecule has 3 saturated carbocycles. The van der Waals surface area contributed by atoms with Gasteiger partial charge in [0.05, 0.1) is 20.8 Å². The van der Waals surface area contributed by atoms with E-state index < -0.39 is 13.7 Å². The molecule has 2 aliphatic heterocycles. The van der Waals surface area contributed by atoms with Gasteiger partial charge in [-0.25, -0.2) is 0 Å². The molecule has 1 N–H and O–H groups in total. The minimum absolute atomic E-state index is 0.0412. The lowest BCUT2D eigenvalue weighted by Crippen LogP contribution is -2.67. The maximum Gasteiger partial charge on any atom is 0.157 e. The summed E-state index contributed by atoms with van der Waals surface area (Å²) in [6.45, 7) is 13.7. The summed E-state index contributed by atoms with van der Waals surface area (Å²) in [4.78, 5) is 0. The first kappa shape index (κ1) is 24.2. The number of hydrogen-bond acceptors (Lipinski definition) is 4. The Hall–Kier alpha value is -0.203. The van der Waals surface area contributed by atoms with Crippen LogP contribution >= 0.6 is 0 Å². The lowest BCUT2D eigenvalue weighted by atomic mass is 9.44. The van der Waals surface area contributed by atoms with Crippen LogP contribution < -0.4 is 0 Å². The summed E-state index contributed by atoms with van der Waals surface area (Å²) in [6, 6.07) is 0. The van der Waals surface area contributed by atoms with E-state index >= 15 is 0 Å². The predicted molar refractivity (Wildman–Crippen MR) is 137 cm³/mol. The molecule has 34 heavy (non-hydrogen) atoms. The molecule has 5 heteroatoms. The average molecular weight is 489 g/mol. The highest BCUT2D eigenvalue weighted by atomic mass is 28.3. The van der Waals surface area contributed by atoms with Crippen molar-refractivity contribution in [3.05, 3.63) is 12.2 Å². The second-order valence-corrected chi connectivity index (χ2v) is 19.7. The van der Waals surface area contributed by atoms with Gasteiger partial charge in [-0.2, -0.15) is 0 Å². The van der Waals surface area contributed by atoms with Crippen LogP contribution in [0.4, 0.5) is 0 Å². The second kappa shape index (κ2) is 7.90. The van der Waals surface area contributed by atoms with Gasteiger partial charge in [0.1, 0.15) is 10.8 Å². The van der Waals surface area contributed by atoms with Gasteiger partial charge in [0.25, 0.3) is 0 Å². The molecule has 0 spiro atoms. The third-order valence-corrected chi connectivity index (χ3v) is 15.1. The van der Waals surface area contributed by atoms with E-state index in [0.717, 1.165) is 37.9 Å². The molecule has 2 heterocycles. The molecule has 0 aromatic carbocycles. The molecule has 0 amide bonds. The van der Waals surface area contributed by atoms with Crippen molar-refractivity contribution in [3.8, 4) is 0 Å².